The zero-order valence-corrected chi connectivity index (χ0v) is 14.3. The van der Waals surface area contributed by atoms with Crippen molar-refractivity contribution in [3.05, 3.63) is 69.7 Å². The highest BCUT2D eigenvalue weighted by Crippen LogP contribution is 2.34. The summed E-state index contributed by atoms with van der Waals surface area (Å²) >= 11 is 12.5. The normalized spacial score (nSPS) is 10.4. The molecule has 1 N–H and O–H groups in total. The van der Waals surface area contributed by atoms with E-state index >= 15 is 0 Å². The highest BCUT2D eigenvalue weighted by atomic mass is 35.5. The number of hydrogen-bond donors (Lipinski definition) is 1. The fraction of sp³-hybridized carbons (Fsp3) is 0.222. The zero-order valence-electron chi connectivity index (χ0n) is 12.7. The van der Waals surface area contributed by atoms with E-state index in [4.69, 9.17) is 27.9 Å². The summed E-state index contributed by atoms with van der Waals surface area (Å²) in [5, 5.41) is 4.43. The molecule has 116 valence electrons. The minimum absolute atomic E-state index is 0.375. The van der Waals surface area contributed by atoms with Crippen LogP contribution >= 0.6 is 23.2 Å². The van der Waals surface area contributed by atoms with E-state index in [-0.39, 0.29) is 0 Å². The predicted octanol–water partition coefficient (Wildman–Crippen LogP) is 5.79. The molecule has 0 heterocycles. The van der Waals surface area contributed by atoms with Crippen molar-refractivity contribution in [1.29, 1.82) is 0 Å². The van der Waals surface area contributed by atoms with Gasteiger partial charge >= 0.3 is 0 Å². The van der Waals surface area contributed by atoms with Crippen LogP contribution in [0.4, 0.5) is 5.69 Å². The maximum atomic E-state index is 6.24. The van der Waals surface area contributed by atoms with E-state index in [9.17, 15) is 0 Å². The van der Waals surface area contributed by atoms with Crippen LogP contribution in [0.15, 0.2) is 43.0 Å². The van der Waals surface area contributed by atoms with Crippen molar-refractivity contribution in [1.82, 2.24) is 0 Å². The van der Waals surface area contributed by atoms with Crippen LogP contribution in [0.2, 0.25) is 10.0 Å². The van der Waals surface area contributed by atoms with Crippen LogP contribution in [0.25, 0.3) is 0 Å². The first kappa shape index (κ1) is 16.7. The van der Waals surface area contributed by atoms with E-state index in [1.54, 1.807) is 6.08 Å². The van der Waals surface area contributed by atoms with Crippen molar-refractivity contribution in [2.45, 2.75) is 20.4 Å². The molecule has 0 bridgehead atoms. The number of halogens is 2. The Bertz CT molecular complexity index is 660. The Labute approximate surface area is 141 Å². The average molecular weight is 336 g/mol. The molecule has 0 aromatic heterocycles. The summed E-state index contributed by atoms with van der Waals surface area (Å²) in [5.41, 5.74) is 4.53. The fourth-order valence-electron chi connectivity index (χ4n) is 2.12. The summed E-state index contributed by atoms with van der Waals surface area (Å²) in [4.78, 5) is 0. The third kappa shape index (κ3) is 4.19. The summed E-state index contributed by atoms with van der Waals surface area (Å²) in [6.45, 7) is 8.78. The number of hydrogen-bond acceptors (Lipinski definition) is 2. The van der Waals surface area contributed by atoms with Crippen LogP contribution in [0, 0.1) is 13.8 Å². The van der Waals surface area contributed by atoms with E-state index in [0.29, 0.717) is 28.9 Å². The molecule has 0 unspecified atom stereocenters. The zero-order chi connectivity index (χ0) is 16.1. The molecule has 22 heavy (non-hydrogen) atoms. The topological polar surface area (TPSA) is 21.3 Å². The highest BCUT2D eigenvalue weighted by Gasteiger charge is 2.09. The Morgan fingerprint density at radius 2 is 1.82 bits per heavy atom. The number of benzene rings is 2. The standard InChI is InChI=1S/C18H19Cl2NO/c1-4-7-22-18-15(19)9-14(10-16(18)20)11-21-17-8-12(2)5-6-13(17)3/h4-6,8-10,21H,1,7,11H2,2-3H3. The van der Waals surface area contributed by atoms with Gasteiger partial charge in [0.25, 0.3) is 0 Å². The van der Waals surface area contributed by atoms with Crippen LogP contribution in [0.3, 0.4) is 0 Å². The monoisotopic (exact) mass is 335 g/mol. The van der Waals surface area contributed by atoms with E-state index in [1.165, 1.54) is 11.1 Å². The van der Waals surface area contributed by atoms with Crippen molar-refractivity contribution >= 4 is 28.9 Å². The lowest BCUT2D eigenvalue weighted by Gasteiger charge is -2.13. The lowest BCUT2D eigenvalue weighted by molar-refractivity contribution is 0.363. The Hall–Kier alpha value is -1.64. The van der Waals surface area contributed by atoms with Crippen LogP contribution in [0.1, 0.15) is 16.7 Å². The molecular formula is C18H19Cl2NO. The lowest BCUT2D eigenvalue weighted by atomic mass is 10.1. The minimum atomic E-state index is 0.375. The molecule has 0 fully saturated rings. The van der Waals surface area contributed by atoms with Gasteiger partial charge in [-0.2, -0.15) is 0 Å². The van der Waals surface area contributed by atoms with Crippen molar-refractivity contribution in [2.24, 2.45) is 0 Å². The van der Waals surface area contributed by atoms with Gasteiger partial charge in [-0.1, -0.05) is 48.0 Å². The van der Waals surface area contributed by atoms with Crippen molar-refractivity contribution < 1.29 is 4.74 Å². The van der Waals surface area contributed by atoms with Gasteiger partial charge in [-0.15, -0.1) is 0 Å². The summed E-state index contributed by atoms with van der Waals surface area (Å²) in [6, 6.07) is 10.1. The van der Waals surface area contributed by atoms with Gasteiger partial charge in [0.2, 0.25) is 0 Å². The first-order valence-corrected chi connectivity index (χ1v) is 7.79. The summed E-state index contributed by atoms with van der Waals surface area (Å²) in [6.07, 6.45) is 1.66. The third-order valence-corrected chi connectivity index (χ3v) is 3.84. The van der Waals surface area contributed by atoms with Gasteiger partial charge in [-0.05, 0) is 48.7 Å². The first-order chi connectivity index (χ1) is 10.5. The second-order valence-electron chi connectivity index (χ2n) is 5.16. The summed E-state index contributed by atoms with van der Waals surface area (Å²) < 4.78 is 5.47. The number of aryl methyl sites for hydroxylation is 2. The fourth-order valence-corrected chi connectivity index (χ4v) is 2.76. The van der Waals surface area contributed by atoms with Gasteiger partial charge in [-0.25, -0.2) is 0 Å². The Morgan fingerprint density at radius 3 is 2.45 bits per heavy atom. The van der Waals surface area contributed by atoms with Crippen molar-refractivity contribution in [2.75, 3.05) is 11.9 Å². The van der Waals surface area contributed by atoms with Crippen LogP contribution in [-0.2, 0) is 6.54 Å². The van der Waals surface area contributed by atoms with Crippen molar-refractivity contribution in [3.63, 3.8) is 0 Å². The highest BCUT2D eigenvalue weighted by molar-refractivity contribution is 6.37. The molecule has 0 radical (unpaired) electrons. The molecule has 0 saturated heterocycles. The van der Waals surface area contributed by atoms with Crippen LogP contribution < -0.4 is 10.1 Å². The third-order valence-electron chi connectivity index (χ3n) is 3.28. The van der Waals surface area contributed by atoms with Crippen molar-refractivity contribution in [3.8, 4) is 5.75 Å². The van der Waals surface area contributed by atoms with Gasteiger partial charge in [0.1, 0.15) is 6.61 Å². The Morgan fingerprint density at radius 1 is 1.14 bits per heavy atom. The molecule has 0 amide bonds. The van der Waals surface area contributed by atoms with Crippen LogP contribution in [-0.4, -0.2) is 6.61 Å². The molecule has 0 atom stereocenters. The molecule has 0 aliphatic heterocycles. The average Bonchev–Trinajstić information content (AvgIpc) is 2.47. The largest absolute Gasteiger partial charge is 0.486 e. The van der Waals surface area contributed by atoms with Gasteiger partial charge in [0.15, 0.2) is 5.75 Å². The first-order valence-electron chi connectivity index (χ1n) is 7.04. The number of anilines is 1. The SMILES string of the molecule is C=CCOc1c(Cl)cc(CNc2cc(C)ccc2C)cc1Cl. The Kier molecular flexibility index (Phi) is 5.76. The van der Waals surface area contributed by atoms with E-state index < -0.39 is 0 Å². The molecular weight excluding hydrogens is 317 g/mol. The van der Waals surface area contributed by atoms with Gasteiger partial charge in [0.05, 0.1) is 10.0 Å². The van der Waals surface area contributed by atoms with Gasteiger partial charge < -0.3 is 10.1 Å². The number of rotatable bonds is 6. The quantitative estimate of drug-likeness (QED) is 0.675. The number of ether oxygens (including phenoxy) is 1. The molecule has 2 aromatic rings. The van der Waals surface area contributed by atoms with Gasteiger partial charge in [-0.3, -0.25) is 0 Å². The molecule has 0 aliphatic carbocycles. The minimum Gasteiger partial charge on any atom is -0.486 e. The van der Waals surface area contributed by atoms with Crippen LogP contribution in [0.5, 0.6) is 5.75 Å². The second kappa shape index (κ2) is 7.57. The maximum absolute atomic E-state index is 6.24. The predicted molar refractivity (Wildman–Crippen MR) is 95.4 cm³/mol. The molecule has 2 rings (SSSR count). The lowest BCUT2D eigenvalue weighted by Crippen LogP contribution is -2.02. The van der Waals surface area contributed by atoms with E-state index in [2.05, 4.69) is 43.9 Å². The molecule has 2 aromatic carbocycles. The smallest absolute Gasteiger partial charge is 0.156 e. The number of nitrogens with one attached hydrogen (secondary N) is 1. The molecule has 4 heteroatoms. The van der Waals surface area contributed by atoms with Gasteiger partial charge in [0, 0.05) is 12.2 Å². The van der Waals surface area contributed by atoms with E-state index in [1.807, 2.05) is 12.1 Å². The molecule has 0 saturated carbocycles. The molecule has 2 nitrogen and oxygen atoms in total. The second-order valence-corrected chi connectivity index (χ2v) is 5.97. The maximum Gasteiger partial charge on any atom is 0.156 e. The van der Waals surface area contributed by atoms with E-state index in [0.717, 1.165) is 11.3 Å². The molecule has 0 aliphatic rings. The molecule has 0 spiro atoms. The Balaban J connectivity index is 2.13. The summed E-state index contributed by atoms with van der Waals surface area (Å²) in [5.74, 6) is 0.499. The summed E-state index contributed by atoms with van der Waals surface area (Å²) in [7, 11) is 0.